The summed E-state index contributed by atoms with van der Waals surface area (Å²) in [4.78, 5) is 4.12. The van der Waals surface area contributed by atoms with E-state index in [-0.39, 0.29) is 0 Å². The van der Waals surface area contributed by atoms with Gasteiger partial charge in [0, 0.05) is 18.9 Å². The minimum atomic E-state index is 0.512. The summed E-state index contributed by atoms with van der Waals surface area (Å²) in [5.74, 6) is 0.831. The molecule has 3 rings (SSSR count). The van der Waals surface area contributed by atoms with Gasteiger partial charge in [0.25, 0.3) is 0 Å². The molecule has 2 N–H and O–H groups in total. The van der Waals surface area contributed by atoms with Gasteiger partial charge in [-0.15, -0.1) is 0 Å². The number of hydrogen-bond acceptors (Lipinski definition) is 3. The standard InChI is InChI=1S/C21H20N2O/c22-12-15-24-20-8-6-18(7-9-20)21(19-10-13-23-14-11-19)16-17-4-2-1-3-5-17/h1-11,13-14,16H,12,15,22H2/b21-16+. The summed E-state index contributed by atoms with van der Waals surface area (Å²) in [6, 6.07) is 22.4. The first-order valence-corrected chi connectivity index (χ1v) is 7.97. The SMILES string of the molecule is NCCOc1ccc(/C(=C\c2ccccc2)c2ccncc2)cc1. The lowest BCUT2D eigenvalue weighted by molar-refractivity contribution is 0.328. The highest BCUT2D eigenvalue weighted by Gasteiger charge is 2.06. The highest BCUT2D eigenvalue weighted by molar-refractivity contribution is 5.91. The van der Waals surface area contributed by atoms with Crippen LogP contribution in [0.25, 0.3) is 11.6 Å². The third-order valence-electron chi connectivity index (χ3n) is 3.65. The first-order chi connectivity index (χ1) is 11.9. The first kappa shape index (κ1) is 16.0. The molecule has 0 saturated carbocycles. The molecule has 0 saturated heterocycles. The second kappa shape index (κ2) is 8.09. The third kappa shape index (κ3) is 4.09. The van der Waals surface area contributed by atoms with Crippen LogP contribution in [-0.4, -0.2) is 18.1 Å². The summed E-state index contributed by atoms with van der Waals surface area (Å²) in [5.41, 5.74) is 10.0. The molecule has 0 bridgehead atoms. The maximum atomic E-state index is 5.56. The van der Waals surface area contributed by atoms with Crippen LogP contribution in [0.2, 0.25) is 0 Å². The number of aromatic nitrogens is 1. The second-order valence-electron chi connectivity index (χ2n) is 5.37. The van der Waals surface area contributed by atoms with Gasteiger partial charge in [-0.2, -0.15) is 0 Å². The van der Waals surface area contributed by atoms with Crippen LogP contribution in [0.1, 0.15) is 16.7 Å². The normalized spacial score (nSPS) is 11.3. The maximum absolute atomic E-state index is 5.56. The average molecular weight is 316 g/mol. The fraction of sp³-hybridized carbons (Fsp3) is 0.0952. The van der Waals surface area contributed by atoms with Crippen LogP contribution < -0.4 is 10.5 Å². The molecule has 0 amide bonds. The van der Waals surface area contributed by atoms with Gasteiger partial charge in [0.05, 0.1) is 0 Å². The van der Waals surface area contributed by atoms with Gasteiger partial charge in [0.15, 0.2) is 0 Å². The minimum absolute atomic E-state index is 0.512. The van der Waals surface area contributed by atoms with Gasteiger partial charge in [0.1, 0.15) is 12.4 Å². The van der Waals surface area contributed by atoms with Gasteiger partial charge >= 0.3 is 0 Å². The Balaban J connectivity index is 1.97. The van der Waals surface area contributed by atoms with Crippen LogP contribution in [0.5, 0.6) is 5.75 Å². The summed E-state index contributed by atoms with van der Waals surface area (Å²) in [6.45, 7) is 1.04. The minimum Gasteiger partial charge on any atom is -0.492 e. The molecule has 0 aliphatic rings. The van der Waals surface area contributed by atoms with Crippen molar-refractivity contribution in [1.82, 2.24) is 4.98 Å². The van der Waals surface area contributed by atoms with E-state index in [1.54, 1.807) is 0 Å². The Morgan fingerprint density at radius 1 is 0.875 bits per heavy atom. The van der Waals surface area contributed by atoms with E-state index in [0.717, 1.165) is 28.0 Å². The van der Waals surface area contributed by atoms with Gasteiger partial charge in [-0.1, -0.05) is 42.5 Å². The van der Waals surface area contributed by atoms with Crippen molar-refractivity contribution in [3.8, 4) is 5.75 Å². The molecule has 0 atom stereocenters. The molecule has 24 heavy (non-hydrogen) atoms. The topological polar surface area (TPSA) is 48.1 Å². The molecule has 120 valence electrons. The van der Waals surface area contributed by atoms with Crippen LogP contribution in [0.4, 0.5) is 0 Å². The van der Waals surface area contributed by atoms with Gasteiger partial charge in [-0.3, -0.25) is 4.98 Å². The Kier molecular flexibility index (Phi) is 5.38. The molecule has 3 aromatic rings. The van der Waals surface area contributed by atoms with Crippen molar-refractivity contribution in [2.24, 2.45) is 5.73 Å². The molecule has 0 spiro atoms. The van der Waals surface area contributed by atoms with E-state index in [0.29, 0.717) is 13.2 Å². The lowest BCUT2D eigenvalue weighted by Crippen LogP contribution is -2.10. The van der Waals surface area contributed by atoms with Crippen molar-refractivity contribution in [1.29, 1.82) is 0 Å². The summed E-state index contributed by atoms with van der Waals surface area (Å²) in [5, 5.41) is 0. The maximum Gasteiger partial charge on any atom is 0.119 e. The lowest BCUT2D eigenvalue weighted by atomic mass is 9.96. The van der Waals surface area contributed by atoms with Crippen molar-refractivity contribution in [2.75, 3.05) is 13.2 Å². The molecular weight excluding hydrogens is 296 g/mol. The molecule has 0 radical (unpaired) electrons. The highest BCUT2D eigenvalue weighted by atomic mass is 16.5. The van der Waals surface area contributed by atoms with Crippen LogP contribution in [-0.2, 0) is 0 Å². The Bertz CT molecular complexity index is 781. The van der Waals surface area contributed by atoms with Gasteiger partial charge in [-0.05, 0) is 52.6 Å². The lowest BCUT2D eigenvalue weighted by Gasteiger charge is -2.10. The number of nitrogens with two attached hydrogens (primary N) is 1. The first-order valence-electron chi connectivity index (χ1n) is 7.97. The molecule has 1 heterocycles. The fourth-order valence-corrected chi connectivity index (χ4v) is 2.49. The van der Waals surface area contributed by atoms with Crippen LogP contribution in [0.15, 0.2) is 79.1 Å². The monoisotopic (exact) mass is 316 g/mol. The third-order valence-corrected chi connectivity index (χ3v) is 3.65. The molecular formula is C21H20N2O. The van der Waals surface area contributed by atoms with Crippen molar-refractivity contribution in [2.45, 2.75) is 0 Å². The smallest absolute Gasteiger partial charge is 0.119 e. The Morgan fingerprint density at radius 3 is 2.21 bits per heavy atom. The summed E-state index contributed by atoms with van der Waals surface area (Å²) >= 11 is 0. The fourth-order valence-electron chi connectivity index (χ4n) is 2.49. The zero-order valence-corrected chi connectivity index (χ0v) is 13.4. The molecule has 2 aromatic carbocycles. The molecule has 3 heteroatoms. The van der Waals surface area contributed by atoms with E-state index >= 15 is 0 Å². The zero-order valence-electron chi connectivity index (χ0n) is 13.4. The number of pyridine rings is 1. The van der Waals surface area contributed by atoms with Crippen LogP contribution in [0, 0.1) is 0 Å². The number of benzene rings is 2. The van der Waals surface area contributed by atoms with E-state index < -0.39 is 0 Å². The van der Waals surface area contributed by atoms with Crippen LogP contribution >= 0.6 is 0 Å². The predicted molar refractivity (Wildman–Crippen MR) is 98.6 cm³/mol. The van der Waals surface area contributed by atoms with E-state index in [1.165, 1.54) is 0 Å². The van der Waals surface area contributed by atoms with Gasteiger partial charge in [0.2, 0.25) is 0 Å². The number of hydrogen-bond donors (Lipinski definition) is 1. The summed E-state index contributed by atoms with van der Waals surface area (Å²) in [7, 11) is 0. The molecule has 0 unspecified atom stereocenters. The Hall–Kier alpha value is -2.91. The average Bonchev–Trinajstić information content (AvgIpc) is 2.66. The van der Waals surface area contributed by atoms with E-state index in [2.05, 4.69) is 35.3 Å². The highest BCUT2D eigenvalue weighted by Crippen LogP contribution is 2.27. The number of rotatable bonds is 6. The molecule has 0 aliphatic carbocycles. The zero-order chi connectivity index (χ0) is 16.6. The predicted octanol–water partition coefficient (Wildman–Crippen LogP) is 4.01. The van der Waals surface area contributed by atoms with E-state index in [4.69, 9.17) is 10.5 Å². The number of nitrogens with zero attached hydrogens (tertiary/aromatic N) is 1. The van der Waals surface area contributed by atoms with Crippen LogP contribution in [0.3, 0.4) is 0 Å². The van der Waals surface area contributed by atoms with E-state index in [1.807, 2.05) is 54.9 Å². The van der Waals surface area contributed by atoms with Crippen molar-refractivity contribution in [3.63, 3.8) is 0 Å². The molecule has 0 fully saturated rings. The number of ether oxygens (including phenoxy) is 1. The molecule has 3 nitrogen and oxygen atoms in total. The van der Waals surface area contributed by atoms with Crippen molar-refractivity contribution < 1.29 is 4.74 Å². The Labute approximate surface area is 142 Å². The van der Waals surface area contributed by atoms with E-state index in [9.17, 15) is 0 Å². The molecule has 1 aromatic heterocycles. The Morgan fingerprint density at radius 2 is 1.54 bits per heavy atom. The summed E-state index contributed by atoms with van der Waals surface area (Å²) in [6.07, 6.45) is 5.81. The van der Waals surface area contributed by atoms with Crippen molar-refractivity contribution >= 4 is 11.6 Å². The second-order valence-corrected chi connectivity index (χ2v) is 5.37. The van der Waals surface area contributed by atoms with Gasteiger partial charge in [-0.25, -0.2) is 0 Å². The quantitative estimate of drug-likeness (QED) is 0.699. The van der Waals surface area contributed by atoms with Crippen molar-refractivity contribution in [3.05, 3.63) is 95.8 Å². The largest absolute Gasteiger partial charge is 0.492 e. The summed E-state index contributed by atoms with van der Waals surface area (Å²) < 4.78 is 5.56. The van der Waals surface area contributed by atoms with Gasteiger partial charge < -0.3 is 10.5 Å². The molecule has 0 aliphatic heterocycles.